The summed E-state index contributed by atoms with van der Waals surface area (Å²) in [5.74, 6) is -0.0500. The average molecular weight is 587 g/mol. The summed E-state index contributed by atoms with van der Waals surface area (Å²) in [5.41, 5.74) is 0. The first-order valence-electron chi connectivity index (χ1n) is 10.7. The molecular formula is C21H23Cl4N3O4S2. The van der Waals surface area contributed by atoms with Gasteiger partial charge in [0.2, 0.25) is 0 Å². The smallest absolute Gasteiger partial charge is 0.273 e. The minimum atomic E-state index is -4.11. The number of rotatable bonds is 6. The molecule has 4 rings (SSSR count). The maximum atomic E-state index is 13.3. The quantitative estimate of drug-likeness (QED) is 0.504. The first-order chi connectivity index (χ1) is 16.1. The van der Waals surface area contributed by atoms with Crippen molar-refractivity contribution in [3.63, 3.8) is 0 Å². The van der Waals surface area contributed by atoms with E-state index < -0.39 is 22.0 Å². The molecular weight excluding hydrogens is 564 g/mol. The maximum Gasteiger partial charge on any atom is 0.273 e. The van der Waals surface area contributed by atoms with E-state index in [1.54, 1.807) is 18.2 Å². The summed E-state index contributed by atoms with van der Waals surface area (Å²) in [7, 11) is -4.11. The van der Waals surface area contributed by atoms with E-state index in [1.165, 1.54) is 6.07 Å². The second kappa shape index (κ2) is 11.1. The molecule has 2 atom stereocenters. The summed E-state index contributed by atoms with van der Waals surface area (Å²) in [4.78, 5) is 15.4. The molecule has 186 valence electrons. The molecule has 1 amide bonds. The molecule has 0 bridgehead atoms. The van der Waals surface area contributed by atoms with Crippen LogP contribution in [0, 0.1) is 0 Å². The van der Waals surface area contributed by atoms with Crippen LogP contribution in [-0.2, 0) is 14.8 Å². The van der Waals surface area contributed by atoms with Crippen LogP contribution in [0.4, 0.5) is 0 Å². The van der Waals surface area contributed by atoms with Gasteiger partial charge < -0.3 is 10.1 Å². The Morgan fingerprint density at radius 1 is 1.06 bits per heavy atom. The Balaban J connectivity index is 1.53. The SMILES string of the molecule is O=C(NS(=O)(=O)c1cc(Cl)c(Cl)s1)C1CC(Oc2ccc(Cl)c(Cl)c2)CCN1C1CCNCC1. The highest BCUT2D eigenvalue weighted by Gasteiger charge is 2.40. The van der Waals surface area contributed by atoms with E-state index in [4.69, 9.17) is 51.1 Å². The highest BCUT2D eigenvalue weighted by Crippen LogP contribution is 2.35. The molecule has 0 saturated carbocycles. The fourth-order valence-electron chi connectivity index (χ4n) is 4.34. The Morgan fingerprint density at radius 3 is 2.44 bits per heavy atom. The number of halogens is 4. The number of carbonyl (C=O) groups excluding carboxylic acids is 1. The Hall–Kier alpha value is -0.780. The van der Waals surface area contributed by atoms with Crippen molar-refractivity contribution in [3.8, 4) is 5.75 Å². The number of ether oxygens (including phenoxy) is 1. The lowest BCUT2D eigenvalue weighted by molar-refractivity contribution is -0.129. The third-order valence-electron chi connectivity index (χ3n) is 5.99. The molecule has 2 unspecified atom stereocenters. The third kappa shape index (κ3) is 6.13. The van der Waals surface area contributed by atoms with Crippen molar-refractivity contribution in [2.45, 2.75) is 48.1 Å². The molecule has 34 heavy (non-hydrogen) atoms. The molecule has 0 radical (unpaired) electrons. The number of sulfonamides is 1. The van der Waals surface area contributed by atoms with E-state index in [0.29, 0.717) is 35.2 Å². The Morgan fingerprint density at radius 2 is 1.79 bits per heavy atom. The van der Waals surface area contributed by atoms with E-state index in [2.05, 4.69) is 14.9 Å². The molecule has 2 aliphatic rings. The zero-order chi connectivity index (χ0) is 24.5. The zero-order valence-electron chi connectivity index (χ0n) is 17.9. The van der Waals surface area contributed by atoms with Crippen LogP contribution in [0.1, 0.15) is 25.7 Å². The predicted octanol–water partition coefficient (Wildman–Crippen LogP) is 4.83. The van der Waals surface area contributed by atoms with Crippen molar-refractivity contribution in [1.82, 2.24) is 14.9 Å². The number of thiophene rings is 1. The van der Waals surface area contributed by atoms with Gasteiger partial charge in [0, 0.05) is 25.1 Å². The molecule has 2 saturated heterocycles. The van der Waals surface area contributed by atoms with Crippen molar-refractivity contribution in [3.05, 3.63) is 43.7 Å². The average Bonchev–Trinajstić information content (AvgIpc) is 3.16. The summed E-state index contributed by atoms with van der Waals surface area (Å²) < 4.78 is 34.1. The van der Waals surface area contributed by atoms with Gasteiger partial charge in [-0.25, -0.2) is 13.1 Å². The molecule has 2 aliphatic heterocycles. The summed E-state index contributed by atoms with van der Waals surface area (Å²) in [6, 6.07) is 5.74. The minimum absolute atomic E-state index is 0.108. The summed E-state index contributed by atoms with van der Waals surface area (Å²) in [5, 5.41) is 4.25. The number of hydrogen-bond donors (Lipinski definition) is 2. The fraction of sp³-hybridized carbons (Fsp3) is 0.476. The van der Waals surface area contributed by atoms with E-state index in [9.17, 15) is 13.2 Å². The molecule has 0 spiro atoms. The molecule has 2 fully saturated rings. The number of likely N-dealkylation sites (tertiary alicyclic amines) is 1. The molecule has 1 aromatic carbocycles. The van der Waals surface area contributed by atoms with Crippen LogP contribution in [0.25, 0.3) is 0 Å². The van der Waals surface area contributed by atoms with Crippen molar-refractivity contribution in [2.75, 3.05) is 19.6 Å². The van der Waals surface area contributed by atoms with Gasteiger partial charge in [-0.1, -0.05) is 46.4 Å². The number of carbonyl (C=O) groups is 1. The standard InChI is InChI=1S/C21H23Cl4N3O4S2/c22-15-2-1-13(9-16(15)23)32-14-5-8-28(12-3-6-26-7-4-12)18(10-14)21(29)27-34(30,31)19-11-17(24)20(25)33-19/h1-2,9,11-12,14,18,26H,3-8,10H2,(H,27,29). The monoisotopic (exact) mass is 585 g/mol. The van der Waals surface area contributed by atoms with E-state index in [0.717, 1.165) is 37.3 Å². The molecule has 1 aromatic heterocycles. The van der Waals surface area contributed by atoms with Crippen LogP contribution >= 0.6 is 57.7 Å². The van der Waals surface area contributed by atoms with Gasteiger partial charge in [0.05, 0.1) is 21.1 Å². The van der Waals surface area contributed by atoms with Crippen molar-refractivity contribution < 1.29 is 17.9 Å². The lowest BCUT2D eigenvalue weighted by atomic mass is 9.93. The van der Waals surface area contributed by atoms with Crippen LogP contribution in [0.2, 0.25) is 19.4 Å². The lowest BCUT2D eigenvalue weighted by Gasteiger charge is -2.44. The van der Waals surface area contributed by atoms with Crippen LogP contribution in [0.15, 0.2) is 28.5 Å². The number of benzene rings is 1. The second-order valence-electron chi connectivity index (χ2n) is 8.23. The normalized spacial score (nSPS) is 22.5. The largest absolute Gasteiger partial charge is 0.490 e. The number of nitrogens with one attached hydrogen (secondary N) is 2. The number of amides is 1. The zero-order valence-corrected chi connectivity index (χ0v) is 22.6. The van der Waals surface area contributed by atoms with E-state index in [-0.39, 0.29) is 25.7 Å². The third-order valence-corrected chi connectivity index (χ3v) is 10.4. The number of nitrogens with zero attached hydrogens (tertiary/aromatic N) is 1. The number of piperidine rings is 2. The van der Waals surface area contributed by atoms with Crippen LogP contribution in [-0.4, -0.2) is 57.0 Å². The maximum absolute atomic E-state index is 13.3. The molecule has 13 heteroatoms. The highest BCUT2D eigenvalue weighted by molar-refractivity contribution is 7.92. The highest BCUT2D eigenvalue weighted by atomic mass is 35.5. The van der Waals surface area contributed by atoms with Crippen LogP contribution in [0.3, 0.4) is 0 Å². The van der Waals surface area contributed by atoms with Gasteiger partial charge in [0.25, 0.3) is 15.9 Å². The van der Waals surface area contributed by atoms with Gasteiger partial charge in [0.1, 0.15) is 20.4 Å². The van der Waals surface area contributed by atoms with Crippen molar-refractivity contribution in [1.29, 1.82) is 0 Å². The summed E-state index contributed by atoms with van der Waals surface area (Å²) >= 11 is 24.7. The molecule has 0 aliphatic carbocycles. The first kappa shape index (κ1) is 26.3. The fourth-order valence-corrected chi connectivity index (χ4v) is 7.53. The van der Waals surface area contributed by atoms with Gasteiger partial charge in [-0.2, -0.15) is 0 Å². The molecule has 2 N–H and O–H groups in total. The minimum Gasteiger partial charge on any atom is -0.490 e. The number of hydrogen-bond acceptors (Lipinski definition) is 7. The predicted molar refractivity (Wildman–Crippen MR) is 136 cm³/mol. The van der Waals surface area contributed by atoms with Gasteiger partial charge >= 0.3 is 0 Å². The first-order valence-corrected chi connectivity index (χ1v) is 14.5. The molecule has 2 aromatic rings. The van der Waals surface area contributed by atoms with Crippen LogP contribution < -0.4 is 14.8 Å². The Kier molecular flexibility index (Phi) is 8.57. The summed E-state index contributed by atoms with van der Waals surface area (Å²) in [6.07, 6.45) is 2.49. The van der Waals surface area contributed by atoms with Crippen molar-refractivity contribution in [2.24, 2.45) is 0 Å². The Bertz CT molecular complexity index is 1140. The lowest BCUT2D eigenvalue weighted by Crippen LogP contribution is -2.58. The molecule has 3 heterocycles. The topological polar surface area (TPSA) is 87.7 Å². The van der Waals surface area contributed by atoms with Gasteiger partial charge in [-0.05, 0) is 50.6 Å². The Labute approximate surface area is 222 Å². The van der Waals surface area contributed by atoms with Gasteiger partial charge in [0.15, 0.2) is 0 Å². The van der Waals surface area contributed by atoms with Gasteiger partial charge in [-0.15, -0.1) is 11.3 Å². The summed E-state index contributed by atoms with van der Waals surface area (Å²) in [6.45, 7) is 2.30. The van der Waals surface area contributed by atoms with Crippen molar-refractivity contribution >= 4 is 73.7 Å². The molecule has 7 nitrogen and oxygen atoms in total. The van der Waals surface area contributed by atoms with Gasteiger partial charge in [-0.3, -0.25) is 9.69 Å². The second-order valence-corrected chi connectivity index (χ2v) is 13.0. The van der Waals surface area contributed by atoms with E-state index >= 15 is 0 Å². The van der Waals surface area contributed by atoms with Crippen LogP contribution in [0.5, 0.6) is 5.75 Å². The van der Waals surface area contributed by atoms with E-state index in [1.807, 2.05) is 0 Å².